The molecule has 2 rings (SSSR count). The smallest absolute Gasteiger partial charge is 0.0194 e. The van der Waals surface area contributed by atoms with Gasteiger partial charge in [-0.2, -0.15) is 0 Å². The molecule has 0 aromatic rings. The quantitative estimate of drug-likeness (QED) is 0.835. The summed E-state index contributed by atoms with van der Waals surface area (Å²) in [4.78, 5) is 5.26. The lowest BCUT2D eigenvalue weighted by molar-refractivity contribution is 0.135. The largest absolute Gasteiger partial charge is 0.314 e. The lowest BCUT2D eigenvalue weighted by Crippen LogP contribution is -2.47. The fourth-order valence-electron chi connectivity index (χ4n) is 4.02. The Kier molecular flexibility index (Phi) is 6.79. The van der Waals surface area contributed by atoms with Gasteiger partial charge in [-0.05, 0) is 65.2 Å². The van der Waals surface area contributed by atoms with Crippen molar-refractivity contribution >= 4 is 0 Å². The molecule has 3 unspecified atom stereocenters. The molecule has 20 heavy (non-hydrogen) atoms. The van der Waals surface area contributed by atoms with Gasteiger partial charge in [0.2, 0.25) is 0 Å². The van der Waals surface area contributed by atoms with Crippen LogP contribution in [0.2, 0.25) is 0 Å². The van der Waals surface area contributed by atoms with Gasteiger partial charge in [-0.15, -0.1) is 0 Å². The molecule has 3 nitrogen and oxygen atoms in total. The van der Waals surface area contributed by atoms with Crippen LogP contribution in [-0.2, 0) is 0 Å². The maximum Gasteiger partial charge on any atom is 0.0194 e. The fraction of sp³-hybridized carbons (Fsp3) is 1.00. The highest BCUT2D eigenvalue weighted by Crippen LogP contribution is 2.26. The van der Waals surface area contributed by atoms with Crippen LogP contribution in [0.3, 0.4) is 0 Å². The van der Waals surface area contributed by atoms with Crippen LogP contribution < -0.4 is 5.32 Å². The Hall–Kier alpha value is -0.120. The molecule has 0 aromatic heterocycles. The molecule has 2 aliphatic rings. The van der Waals surface area contributed by atoms with Gasteiger partial charge in [0.1, 0.15) is 0 Å². The topological polar surface area (TPSA) is 18.5 Å². The number of hydrogen-bond donors (Lipinski definition) is 1. The van der Waals surface area contributed by atoms with Gasteiger partial charge in [0.25, 0.3) is 0 Å². The summed E-state index contributed by atoms with van der Waals surface area (Å²) in [5.41, 5.74) is 0. The van der Waals surface area contributed by atoms with E-state index in [1.807, 2.05) is 0 Å². The van der Waals surface area contributed by atoms with Crippen molar-refractivity contribution in [1.82, 2.24) is 15.1 Å². The zero-order valence-corrected chi connectivity index (χ0v) is 13.9. The molecular weight excluding hydrogens is 246 g/mol. The molecule has 3 heteroatoms. The molecular formula is C17H35N3. The van der Waals surface area contributed by atoms with E-state index in [-0.39, 0.29) is 0 Å². The van der Waals surface area contributed by atoms with Crippen molar-refractivity contribution in [2.45, 2.75) is 64.5 Å². The summed E-state index contributed by atoms with van der Waals surface area (Å²) in [6.45, 7) is 11.0. The first-order chi connectivity index (χ1) is 9.70. The van der Waals surface area contributed by atoms with E-state index in [4.69, 9.17) is 0 Å². The average molecular weight is 281 g/mol. The highest BCUT2D eigenvalue weighted by molar-refractivity contribution is 4.85. The zero-order chi connectivity index (χ0) is 14.4. The Morgan fingerprint density at radius 1 is 1.10 bits per heavy atom. The molecule has 1 heterocycles. The molecule has 1 aliphatic heterocycles. The van der Waals surface area contributed by atoms with E-state index >= 15 is 0 Å². The minimum atomic E-state index is 0.719. The Labute approximate surface area is 126 Å². The van der Waals surface area contributed by atoms with Crippen LogP contribution in [0.5, 0.6) is 0 Å². The Balaban J connectivity index is 1.88. The van der Waals surface area contributed by atoms with E-state index in [1.165, 1.54) is 71.2 Å². The van der Waals surface area contributed by atoms with E-state index in [1.54, 1.807) is 0 Å². The minimum absolute atomic E-state index is 0.719. The lowest BCUT2D eigenvalue weighted by Gasteiger charge is -2.38. The summed E-state index contributed by atoms with van der Waals surface area (Å²) < 4.78 is 0. The van der Waals surface area contributed by atoms with Crippen LogP contribution in [0, 0.1) is 5.92 Å². The maximum absolute atomic E-state index is 3.81. The average Bonchev–Trinajstić information content (AvgIpc) is 2.59. The number of likely N-dealkylation sites (N-methyl/N-ethyl adjacent to an activating group) is 1. The van der Waals surface area contributed by atoms with Gasteiger partial charge in [-0.25, -0.2) is 0 Å². The third kappa shape index (κ3) is 4.71. The van der Waals surface area contributed by atoms with Crippen molar-refractivity contribution in [3.8, 4) is 0 Å². The second-order valence-corrected chi connectivity index (χ2v) is 7.06. The number of nitrogens with zero attached hydrogens (tertiary/aromatic N) is 2. The van der Waals surface area contributed by atoms with Crippen molar-refractivity contribution in [3.63, 3.8) is 0 Å². The Morgan fingerprint density at radius 2 is 1.90 bits per heavy atom. The van der Waals surface area contributed by atoms with E-state index in [9.17, 15) is 0 Å². The van der Waals surface area contributed by atoms with Crippen molar-refractivity contribution in [3.05, 3.63) is 0 Å². The first kappa shape index (κ1) is 16.3. The third-order valence-corrected chi connectivity index (χ3v) is 5.22. The Bertz CT molecular complexity index is 269. The molecule has 1 aliphatic carbocycles. The second kappa shape index (κ2) is 8.35. The normalized spacial score (nSPS) is 34.0. The summed E-state index contributed by atoms with van der Waals surface area (Å²) in [5.74, 6) is 0.876. The molecule has 0 aromatic carbocycles. The van der Waals surface area contributed by atoms with E-state index in [0.29, 0.717) is 0 Å². The Morgan fingerprint density at radius 3 is 2.70 bits per heavy atom. The molecule has 118 valence electrons. The van der Waals surface area contributed by atoms with Gasteiger partial charge in [0.05, 0.1) is 0 Å². The van der Waals surface area contributed by atoms with Crippen LogP contribution in [-0.4, -0.2) is 61.7 Å². The first-order valence-corrected chi connectivity index (χ1v) is 8.86. The van der Waals surface area contributed by atoms with Crippen molar-refractivity contribution in [2.24, 2.45) is 5.92 Å². The number of hydrogen-bond acceptors (Lipinski definition) is 3. The molecule has 0 spiro atoms. The SMILES string of the molecule is CCCNC1CCCCC1CN1CCCN(C)CC1C. The van der Waals surface area contributed by atoms with E-state index in [2.05, 4.69) is 36.0 Å². The van der Waals surface area contributed by atoms with Crippen molar-refractivity contribution in [2.75, 3.05) is 39.8 Å². The molecule has 0 radical (unpaired) electrons. The van der Waals surface area contributed by atoms with Gasteiger partial charge >= 0.3 is 0 Å². The van der Waals surface area contributed by atoms with Gasteiger partial charge in [0.15, 0.2) is 0 Å². The van der Waals surface area contributed by atoms with E-state index in [0.717, 1.165) is 18.0 Å². The van der Waals surface area contributed by atoms with Crippen LogP contribution in [0.4, 0.5) is 0 Å². The summed E-state index contributed by atoms with van der Waals surface area (Å²) in [6, 6.07) is 1.49. The fourth-order valence-corrected chi connectivity index (χ4v) is 4.02. The van der Waals surface area contributed by atoms with Gasteiger partial charge in [-0.3, -0.25) is 4.90 Å². The third-order valence-electron chi connectivity index (χ3n) is 5.22. The molecule has 1 N–H and O–H groups in total. The lowest BCUT2D eigenvalue weighted by atomic mass is 9.83. The molecule has 3 atom stereocenters. The summed E-state index contributed by atoms with van der Waals surface area (Å²) in [7, 11) is 2.27. The van der Waals surface area contributed by atoms with Gasteiger partial charge < -0.3 is 10.2 Å². The number of nitrogens with one attached hydrogen (secondary N) is 1. The van der Waals surface area contributed by atoms with Crippen LogP contribution in [0.15, 0.2) is 0 Å². The van der Waals surface area contributed by atoms with Crippen LogP contribution >= 0.6 is 0 Å². The highest BCUT2D eigenvalue weighted by atomic mass is 15.2. The zero-order valence-electron chi connectivity index (χ0n) is 13.9. The van der Waals surface area contributed by atoms with Crippen LogP contribution in [0.1, 0.15) is 52.4 Å². The minimum Gasteiger partial charge on any atom is -0.314 e. The summed E-state index contributed by atoms with van der Waals surface area (Å²) in [5, 5.41) is 3.81. The summed E-state index contributed by atoms with van der Waals surface area (Å²) in [6.07, 6.45) is 8.29. The standard InChI is InChI=1S/C17H35N3/c1-4-10-18-17-9-6-5-8-16(17)14-20-12-7-11-19(3)13-15(20)2/h15-18H,4-14H2,1-3H3. The molecule has 1 saturated carbocycles. The molecule has 0 amide bonds. The van der Waals surface area contributed by atoms with Crippen LogP contribution in [0.25, 0.3) is 0 Å². The molecule has 2 fully saturated rings. The van der Waals surface area contributed by atoms with E-state index < -0.39 is 0 Å². The maximum atomic E-state index is 3.81. The molecule has 0 bridgehead atoms. The number of rotatable bonds is 5. The summed E-state index contributed by atoms with van der Waals surface area (Å²) >= 11 is 0. The first-order valence-electron chi connectivity index (χ1n) is 8.86. The van der Waals surface area contributed by atoms with Crippen molar-refractivity contribution in [1.29, 1.82) is 0 Å². The monoisotopic (exact) mass is 281 g/mol. The van der Waals surface area contributed by atoms with Gasteiger partial charge in [0, 0.05) is 25.2 Å². The predicted molar refractivity (Wildman–Crippen MR) is 87.2 cm³/mol. The molecule has 1 saturated heterocycles. The van der Waals surface area contributed by atoms with Crippen molar-refractivity contribution < 1.29 is 0 Å². The highest BCUT2D eigenvalue weighted by Gasteiger charge is 2.28. The van der Waals surface area contributed by atoms with Gasteiger partial charge in [-0.1, -0.05) is 19.8 Å². The predicted octanol–water partition coefficient (Wildman–Crippen LogP) is 2.57. The second-order valence-electron chi connectivity index (χ2n) is 7.06.